The van der Waals surface area contributed by atoms with Gasteiger partial charge in [-0.3, -0.25) is 9.59 Å². The second-order valence-corrected chi connectivity index (χ2v) is 11.5. The van der Waals surface area contributed by atoms with Gasteiger partial charge in [-0.2, -0.15) is 5.21 Å². The van der Waals surface area contributed by atoms with Crippen molar-refractivity contribution in [2.75, 3.05) is 0 Å². The number of carbonyl (C=O) groups excluding carboxylic acids is 4. The van der Waals surface area contributed by atoms with Crippen LogP contribution < -0.4 is 10.6 Å². The van der Waals surface area contributed by atoms with Crippen molar-refractivity contribution in [1.29, 1.82) is 0 Å². The molecule has 0 saturated heterocycles. The number of H-pyrrole nitrogens is 1. The Morgan fingerprint density at radius 2 is 1.00 bits per heavy atom. The highest BCUT2D eigenvalue weighted by Gasteiger charge is 2.33. The maximum Gasteiger partial charge on any atom is 0.329 e. The predicted molar refractivity (Wildman–Crippen MR) is 151 cm³/mol. The van der Waals surface area contributed by atoms with E-state index >= 15 is 0 Å². The van der Waals surface area contributed by atoms with E-state index in [1.807, 2.05) is 60.7 Å². The number of rotatable bonds is 10. The lowest BCUT2D eigenvalue weighted by Crippen LogP contribution is -2.47. The number of nitrogens with zero attached hydrogens (tertiary/aromatic N) is 2. The molecule has 0 spiro atoms. The summed E-state index contributed by atoms with van der Waals surface area (Å²) in [6.07, 6.45) is 0.303. The fraction of sp³-hybridized carbons (Fsp3) is 0.400. The summed E-state index contributed by atoms with van der Waals surface area (Å²) in [6, 6.07) is 16.1. The Kier molecular flexibility index (Phi) is 9.99. The molecule has 3 aromatic rings. The Bertz CT molecular complexity index is 1240. The van der Waals surface area contributed by atoms with Gasteiger partial charge in [-0.25, -0.2) is 9.59 Å². The summed E-state index contributed by atoms with van der Waals surface area (Å²) >= 11 is 0. The van der Waals surface area contributed by atoms with Crippen molar-refractivity contribution in [2.45, 2.75) is 77.7 Å². The van der Waals surface area contributed by atoms with Crippen molar-refractivity contribution in [3.8, 4) is 0 Å². The molecule has 1 aromatic heterocycles. The average molecular weight is 564 g/mol. The average Bonchev–Trinajstić information content (AvgIpc) is 3.37. The smallest absolute Gasteiger partial charge is 0.329 e. The lowest BCUT2D eigenvalue weighted by Gasteiger charge is -2.25. The van der Waals surface area contributed by atoms with E-state index in [-0.39, 0.29) is 24.2 Å². The summed E-state index contributed by atoms with van der Waals surface area (Å²) < 4.78 is 11.0. The monoisotopic (exact) mass is 563 g/mol. The van der Waals surface area contributed by atoms with Crippen LogP contribution in [0.3, 0.4) is 0 Å². The molecule has 1 heterocycles. The number of nitrogens with one attached hydrogen (secondary N) is 3. The highest BCUT2D eigenvalue weighted by Crippen LogP contribution is 2.14. The summed E-state index contributed by atoms with van der Waals surface area (Å²) in [5.74, 6) is -2.91. The number of benzene rings is 2. The molecule has 0 bridgehead atoms. The van der Waals surface area contributed by atoms with Crippen LogP contribution in [0.5, 0.6) is 0 Å². The lowest BCUT2D eigenvalue weighted by atomic mass is 10.0. The fourth-order valence-electron chi connectivity index (χ4n) is 3.83. The molecular formula is C30H37N5O6. The molecule has 2 aromatic carbocycles. The molecule has 0 aliphatic heterocycles. The largest absolute Gasteiger partial charge is 0.458 e. The predicted octanol–water partition coefficient (Wildman–Crippen LogP) is 3.17. The Balaban J connectivity index is 1.81. The van der Waals surface area contributed by atoms with Crippen LogP contribution in [-0.4, -0.2) is 62.4 Å². The van der Waals surface area contributed by atoms with Crippen LogP contribution in [-0.2, 0) is 31.9 Å². The number of carbonyl (C=O) groups is 4. The van der Waals surface area contributed by atoms with Crippen LogP contribution in [0, 0.1) is 0 Å². The standard InChI is InChI=1S/C30H37N5O6/c1-29(2,3)40-27(38)21(17-19-13-9-7-10-14-19)31-25(36)23-24(34-35-33-23)26(37)32-22(28(39)41-30(4,5)6)18-20-15-11-8-12-16-20/h7-16,21-22H,17-18H2,1-6H3,(H,31,36)(H,32,37)(H,33,34,35). The first-order valence-corrected chi connectivity index (χ1v) is 13.3. The zero-order valence-electron chi connectivity index (χ0n) is 24.2. The molecule has 11 nitrogen and oxygen atoms in total. The Morgan fingerprint density at radius 3 is 1.32 bits per heavy atom. The Morgan fingerprint density at radius 1 is 0.659 bits per heavy atom. The van der Waals surface area contributed by atoms with Gasteiger partial charge in [0.1, 0.15) is 23.3 Å². The molecule has 0 fully saturated rings. The molecule has 3 N–H and O–H groups in total. The van der Waals surface area contributed by atoms with Gasteiger partial charge in [-0.1, -0.05) is 60.7 Å². The summed E-state index contributed by atoms with van der Waals surface area (Å²) in [4.78, 5) is 52.5. The minimum atomic E-state index is -1.07. The van der Waals surface area contributed by atoms with Crippen LogP contribution >= 0.6 is 0 Å². The topological polar surface area (TPSA) is 152 Å². The van der Waals surface area contributed by atoms with Gasteiger partial charge in [-0.15, -0.1) is 10.2 Å². The number of hydrogen-bond acceptors (Lipinski definition) is 8. The van der Waals surface area contributed by atoms with E-state index in [4.69, 9.17) is 9.47 Å². The normalized spacial score (nSPS) is 13.0. The highest BCUT2D eigenvalue weighted by atomic mass is 16.6. The maximum absolute atomic E-state index is 13.3. The molecule has 2 unspecified atom stereocenters. The zero-order chi connectivity index (χ0) is 30.2. The number of ether oxygens (including phenoxy) is 2. The molecule has 41 heavy (non-hydrogen) atoms. The van der Waals surface area contributed by atoms with Crippen molar-refractivity contribution in [3.63, 3.8) is 0 Å². The molecule has 2 atom stereocenters. The van der Waals surface area contributed by atoms with Crippen molar-refractivity contribution in [2.24, 2.45) is 0 Å². The maximum atomic E-state index is 13.3. The number of aromatic nitrogens is 3. The van der Waals surface area contributed by atoms with Crippen LogP contribution in [0.4, 0.5) is 0 Å². The Labute approximate surface area is 239 Å². The van der Waals surface area contributed by atoms with Gasteiger partial charge < -0.3 is 20.1 Å². The third-order valence-corrected chi connectivity index (χ3v) is 5.54. The van der Waals surface area contributed by atoms with E-state index in [9.17, 15) is 19.2 Å². The number of hydrogen-bond donors (Lipinski definition) is 3. The van der Waals surface area contributed by atoms with Crippen molar-refractivity contribution < 1.29 is 28.7 Å². The van der Waals surface area contributed by atoms with E-state index in [2.05, 4.69) is 26.0 Å². The van der Waals surface area contributed by atoms with E-state index in [0.717, 1.165) is 11.1 Å². The summed E-state index contributed by atoms with van der Waals surface area (Å²) in [5.41, 5.74) is -0.666. The second kappa shape index (κ2) is 13.2. The molecule has 0 saturated carbocycles. The third-order valence-electron chi connectivity index (χ3n) is 5.54. The highest BCUT2D eigenvalue weighted by molar-refractivity contribution is 6.06. The summed E-state index contributed by atoms with van der Waals surface area (Å²) in [6.45, 7) is 10.4. The first kappa shape index (κ1) is 31.0. The number of amides is 2. The van der Waals surface area contributed by atoms with E-state index in [1.54, 1.807) is 41.5 Å². The minimum Gasteiger partial charge on any atom is -0.458 e. The number of esters is 2. The van der Waals surface area contributed by atoms with E-state index < -0.39 is 47.0 Å². The van der Waals surface area contributed by atoms with Crippen molar-refractivity contribution in [3.05, 3.63) is 83.2 Å². The molecule has 218 valence electrons. The van der Waals surface area contributed by atoms with Gasteiger partial charge in [0.2, 0.25) is 0 Å². The van der Waals surface area contributed by atoms with Gasteiger partial charge in [0.05, 0.1) is 0 Å². The fourth-order valence-corrected chi connectivity index (χ4v) is 3.83. The second-order valence-electron chi connectivity index (χ2n) is 11.5. The van der Waals surface area contributed by atoms with Gasteiger partial charge in [0.15, 0.2) is 11.4 Å². The SMILES string of the molecule is CC(C)(C)OC(=O)C(Cc1ccccc1)NC(=O)c1n[nH]nc1C(=O)NC(Cc1ccccc1)C(=O)OC(C)(C)C. The zero-order valence-corrected chi connectivity index (χ0v) is 24.2. The van der Waals surface area contributed by atoms with Crippen LogP contribution in [0.1, 0.15) is 73.6 Å². The first-order valence-electron chi connectivity index (χ1n) is 13.3. The molecule has 3 rings (SSSR count). The van der Waals surface area contributed by atoms with Crippen LogP contribution in [0.25, 0.3) is 0 Å². The first-order chi connectivity index (χ1) is 19.2. The summed E-state index contributed by atoms with van der Waals surface area (Å²) in [7, 11) is 0. The van der Waals surface area contributed by atoms with Crippen LogP contribution in [0.2, 0.25) is 0 Å². The van der Waals surface area contributed by atoms with Crippen molar-refractivity contribution >= 4 is 23.8 Å². The van der Waals surface area contributed by atoms with Gasteiger partial charge >= 0.3 is 11.9 Å². The third kappa shape index (κ3) is 9.86. The molecule has 0 radical (unpaired) electrons. The summed E-state index contributed by atoms with van der Waals surface area (Å²) in [5, 5.41) is 15.2. The molecule has 11 heteroatoms. The quantitative estimate of drug-likeness (QED) is 0.318. The molecule has 2 amide bonds. The molecule has 0 aliphatic carbocycles. The lowest BCUT2D eigenvalue weighted by molar-refractivity contribution is -0.158. The molecular weight excluding hydrogens is 526 g/mol. The van der Waals surface area contributed by atoms with E-state index in [0.29, 0.717) is 0 Å². The minimum absolute atomic E-state index is 0.151. The Hall–Kier alpha value is -4.54. The van der Waals surface area contributed by atoms with Gasteiger partial charge in [0.25, 0.3) is 11.8 Å². The molecule has 0 aliphatic rings. The van der Waals surface area contributed by atoms with Crippen LogP contribution in [0.15, 0.2) is 60.7 Å². The van der Waals surface area contributed by atoms with Gasteiger partial charge in [-0.05, 0) is 52.7 Å². The number of aromatic amines is 1. The van der Waals surface area contributed by atoms with Crippen molar-refractivity contribution in [1.82, 2.24) is 26.0 Å². The van der Waals surface area contributed by atoms with Gasteiger partial charge in [0, 0.05) is 12.8 Å². The van der Waals surface area contributed by atoms with E-state index in [1.165, 1.54) is 0 Å².